The monoisotopic (exact) mass is 710 g/mol. The molecule has 12 rings (SSSR count). The second kappa shape index (κ2) is 12.0. The lowest BCUT2D eigenvalue weighted by Gasteiger charge is -2.12. The maximum Gasteiger partial charge on any atom is 0.0547 e. The molecule has 0 aliphatic heterocycles. The molecular weight excluding hydrogens is 677 g/mol. The normalized spacial score (nSPS) is 11.9. The van der Waals surface area contributed by atoms with Crippen LogP contribution in [0.1, 0.15) is 0 Å². The van der Waals surface area contributed by atoms with E-state index in [9.17, 15) is 0 Å². The Hall–Kier alpha value is -7.42. The van der Waals surface area contributed by atoms with Crippen LogP contribution in [-0.2, 0) is 0 Å². The third-order valence-corrected chi connectivity index (χ3v) is 11.9. The molecule has 2 aromatic heterocycles. The van der Waals surface area contributed by atoms with Crippen LogP contribution >= 0.6 is 0 Å². The van der Waals surface area contributed by atoms with Gasteiger partial charge in [0.05, 0.1) is 22.1 Å². The summed E-state index contributed by atoms with van der Waals surface area (Å²) in [5, 5.41) is 12.7. The van der Waals surface area contributed by atoms with Crippen molar-refractivity contribution in [1.82, 2.24) is 9.13 Å². The maximum absolute atomic E-state index is 2.42. The molecule has 260 valence electrons. The van der Waals surface area contributed by atoms with Gasteiger partial charge in [-0.25, -0.2) is 0 Å². The summed E-state index contributed by atoms with van der Waals surface area (Å²) >= 11 is 0. The van der Waals surface area contributed by atoms with Gasteiger partial charge in [0.2, 0.25) is 0 Å². The van der Waals surface area contributed by atoms with Crippen LogP contribution in [0.4, 0.5) is 0 Å². The molecule has 0 bridgehead atoms. The third kappa shape index (κ3) is 4.63. The molecule has 0 N–H and O–H groups in total. The Bertz CT molecular complexity index is 3530. The summed E-state index contributed by atoms with van der Waals surface area (Å²) in [4.78, 5) is 0. The van der Waals surface area contributed by atoms with E-state index in [1.807, 2.05) is 0 Å². The number of fused-ring (bicyclic) bond motifs is 11. The van der Waals surface area contributed by atoms with E-state index in [0.717, 1.165) is 5.69 Å². The fourth-order valence-corrected chi connectivity index (χ4v) is 9.27. The first-order valence-electron chi connectivity index (χ1n) is 19.3. The summed E-state index contributed by atoms with van der Waals surface area (Å²) < 4.78 is 4.82. The van der Waals surface area contributed by atoms with Gasteiger partial charge in [-0.3, -0.25) is 0 Å². The fraction of sp³-hybridized carbons (Fsp3) is 0. The van der Waals surface area contributed by atoms with Gasteiger partial charge < -0.3 is 9.13 Å². The predicted molar refractivity (Wildman–Crippen MR) is 239 cm³/mol. The minimum Gasteiger partial charge on any atom is -0.309 e. The van der Waals surface area contributed by atoms with Crippen molar-refractivity contribution in [2.75, 3.05) is 0 Å². The van der Waals surface area contributed by atoms with Gasteiger partial charge in [0.15, 0.2) is 0 Å². The largest absolute Gasteiger partial charge is 0.309 e. The number of benzene rings is 10. The van der Waals surface area contributed by atoms with Gasteiger partial charge in [-0.15, -0.1) is 0 Å². The molecule has 2 heterocycles. The lowest BCUT2D eigenvalue weighted by atomic mass is 9.95. The summed E-state index contributed by atoms with van der Waals surface area (Å²) in [6.45, 7) is 0. The van der Waals surface area contributed by atoms with Crippen LogP contribution in [-0.4, -0.2) is 9.13 Å². The predicted octanol–water partition coefficient (Wildman–Crippen LogP) is 14.7. The Morgan fingerprint density at radius 1 is 0.214 bits per heavy atom. The van der Waals surface area contributed by atoms with E-state index in [2.05, 4.69) is 215 Å². The first-order valence-corrected chi connectivity index (χ1v) is 19.3. The lowest BCUT2D eigenvalue weighted by molar-refractivity contribution is 1.18. The molecule has 0 amide bonds. The number of hydrogen-bond acceptors (Lipinski definition) is 0. The van der Waals surface area contributed by atoms with E-state index in [0.29, 0.717) is 0 Å². The summed E-state index contributed by atoms with van der Waals surface area (Å²) in [6.07, 6.45) is 0. The number of hydrogen-bond donors (Lipinski definition) is 0. The van der Waals surface area contributed by atoms with Crippen LogP contribution in [0.5, 0.6) is 0 Å². The van der Waals surface area contributed by atoms with Crippen LogP contribution in [0.25, 0.3) is 110 Å². The molecule has 0 unspecified atom stereocenters. The molecule has 0 saturated heterocycles. The van der Waals surface area contributed by atoms with Crippen molar-refractivity contribution in [3.8, 4) is 33.6 Å². The number of rotatable bonds is 4. The summed E-state index contributed by atoms with van der Waals surface area (Å²) in [6, 6.07) is 75.8. The molecule has 0 radical (unpaired) electrons. The molecule has 0 spiro atoms. The van der Waals surface area contributed by atoms with E-state index in [1.54, 1.807) is 0 Å². The molecule has 0 aliphatic rings. The van der Waals surface area contributed by atoms with Crippen molar-refractivity contribution < 1.29 is 0 Å². The molecule has 0 fully saturated rings. The van der Waals surface area contributed by atoms with E-state index < -0.39 is 0 Å². The molecular formula is C54H34N2. The van der Waals surface area contributed by atoms with Gasteiger partial charge >= 0.3 is 0 Å². The zero-order valence-electron chi connectivity index (χ0n) is 30.5. The van der Waals surface area contributed by atoms with Crippen molar-refractivity contribution in [3.63, 3.8) is 0 Å². The van der Waals surface area contributed by atoms with Gasteiger partial charge in [0.25, 0.3) is 0 Å². The number of nitrogens with zero attached hydrogens (tertiary/aromatic N) is 2. The number of aromatic nitrogens is 2. The van der Waals surface area contributed by atoms with E-state index in [4.69, 9.17) is 0 Å². The minimum absolute atomic E-state index is 1.15. The molecule has 12 aromatic rings. The summed E-state index contributed by atoms with van der Waals surface area (Å²) in [5.74, 6) is 0. The highest BCUT2D eigenvalue weighted by atomic mass is 15.0. The second-order valence-corrected chi connectivity index (χ2v) is 14.9. The Kier molecular flexibility index (Phi) is 6.66. The molecule has 2 nitrogen and oxygen atoms in total. The average molecular weight is 711 g/mol. The fourth-order valence-electron chi connectivity index (χ4n) is 9.27. The Morgan fingerprint density at radius 2 is 0.714 bits per heavy atom. The van der Waals surface area contributed by atoms with Crippen molar-refractivity contribution >= 4 is 75.9 Å². The third-order valence-electron chi connectivity index (χ3n) is 11.9. The molecule has 0 atom stereocenters. The zero-order valence-corrected chi connectivity index (χ0v) is 30.5. The van der Waals surface area contributed by atoms with Crippen molar-refractivity contribution in [1.29, 1.82) is 0 Å². The highest BCUT2D eigenvalue weighted by Gasteiger charge is 2.17. The highest BCUT2D eigenvalue weighted by Crippen LogP contribution is 2.39. The Morgan fingerprint density at radius 3 is 1.52 bits per heavy atom. The maximum atomic E-state index is 2.42. The summed E-state index contributed by atoms with van der Waals surface area (Å²) in [5.41, 5.74) is 12.0. The van der Waals surface area contributed by atoms with Crippen LogP contribution in [0.15, 0.2) is 206 Å². The van der Waals surface area contributed by atoms with Gasteiger partial charge in [-0.2, -0.15) is 0 Å². The van der Waals surface area contributed by atoms with Gasteiger partial charge in [0.1, 0.15) is 0 Å². The standard InChI is InChI=1S/C54H34N2/c1-2-13-41(14-3-1)55-51-19-8-6-17-47(51)49-29-23-39(34-54(49)55)38-25-30-53-50(33-38)48-18-7-9-20-52(48)56(53)42-15-10-12-36(32-42)37-22-26-44-40(31-37)24-28-45-43-16-5-4-11-35(43)21-27-46(44)45/h1-34H. The second-order valence-electron chi connectivity index (χ2n) is 14.9. The van der Waals surface area contributed by atoms with Gasteiger partial charge in [-0.1, -0.05) is 146 Å². The molecule has 2 heteroatoms. The summed E-state index contributed by atoms with van der Waals surface area (Å²) in [7, 11) is 0. The molecule has 10 aromatic carbocycles. The molecule has 56 heavy (non-hydrogen) atoms. The average Bonchev–Trinajstić information content (AvgIpc) is 3.78. The van der Waals surface area contributed by atoms with Crippen LogP contribution in [0.3, 0.4) is 0 Å². The Balaban J connectivity index is 0.980. The first-order chi connectivity index (χ1) is 27.8. The minimum atomic E-state index is 1.15. The first kappa shape index (κ1) is 31.0. The van der Waals surface area contributed by atoms with E-state index in [-0.39, 0.29) is 0 Å². The molecule has 0 aliphatic carbocycles. The van der Waals surface area contributed by atoms with E-state index >= 15 is 0 Å². The van der Waals surface area contributed by atoms with Crippen LogP contribution in [0.2, 0.25) is 0 Å². The van der Waals surface area contributed by atoms with Crippen LogP contribution in [0, 0.1) is 0 Å². The van der Waals surface area contributed by atoms with Gasteiger partial charge in [0, 0.05) is 32.9 Å². The van der Waals surface area contributed by atoms with Crippen molar-refractivity contribution in [3.05, 3.63) is 206 Å². The SMILES string of the molecule is c1ccc(-n2c3ccccc3c3ccc(-c4ccc5c(c4)c4ccccc4n5-c4cccc(-c5ccc6c(ccc7c8ccccc8ccc67)c5)c4)cc32)cc1. The zero-order chi connectivity index (χ0) is 36.7. The highest BCUT2D eigenvalue weighted by molar-refractivity contribution is 6.18. The Labute approximate surface area is 323 Å². The van der Waals surface area contributed by atoms with Crippen molar-refractivity contribution in [2.24, 2.45) is 0 Å². The number of para-hydroxylation sites is 3. The smallest absolute Gasteiger partial charge is 0.0547 e. The quantitative estimate of drug-likeness (QED) is 0.161. The van der Waals surface area contributed by atoms with Gasteiger partial charge in [-0.05, 0) is 115 Å². The van der Waals surface area contributed by atoms with E-state index in [1.165, 1.54) is 104 Å². The van der Waals surface area contributed by atoms with Crippen LogP contribution < -0.4 is 0 Å². The van der Waals surface area contributed by atoms with Crippen molar-refractivity contribution in [2.45, 2.75) is 0 Å². The lowest BCUT2D eigenvalue weighted by Crippen LogP contribution is -1.94. The topological polar surface area (TPSA) is 9.86 Å². The molecule has 0 saturated carbocycles.